The molecule has 0 atom stereocenters. The summed E-state index contributed by atoms with van der Waals surface area (Å²) in [5, 5.41) is -0.443. The van der Waals surface area contributed by atoms with E-state index in [0.717, 1.165) is 24.3 Å². The molecule has 0 fully saturated rings. The molecule has 0 spiro atoms. The molecule has 29 heavy (non-hydrogen) atoms. The van der Waals surface area contributed by atoms with Gasteiger partial charge >= 0.3 is 6.18 Å². The van der Waals surface area contributed by atoms with Crippen molar-refractivity contribution < 1.29 is 32.2 Å². The van der Waals surface area contributed by atoms with Crippen LogP contribution in [0.5, 0.6) is 11.5 Å². The Morgan fingerprint density at radius 2 is 1.69 bits per heavy atom. The minimum absolute atomic E-state index is 0.114. The van der Waals surface area contributed by atoms with Gasteiger partial charge in [0.05, 0.1) is 24.8 Å². The topological polar surface area (TPSA) is 76.7 Å². The van der Waals surface area contributed by atoms with E-state index >= 15 is 0 Å². The molecule has 6 nitrogen and oxygen atoms in total. The van der Waals surface area contributed by atoms with E-state index in [-0.39, 0.29) is 11.1 Å². The SMILES string of the molecule is COc1ccc(C(=O)NNC(=O)/C=C/c2ccc(Cl)c(C(F)(F)F)c2)cc1OC. The van der Waals surface area contributed by atoms with Crippen molar-refractivity contribution in [2.24, 2.45) is 0 Å². The van der Waals surface area contributed by atoms with Crippen LogP contribution >= 0.6 is 11.6 Å². The highest BCUT2D eigenvalue weighted by Gasteiger charge is 2.33. The van der Waals surface area contributed by atoms with Gasteiger partial charge in [0.2, 0.25) is 0 Å². The largest absolute Gasteiger partial charge is 0.493 e. The maximum absolute atomic E-state index is 12.8. The molecule has 0 heterocycles. The molecule has 2 N–H and O–H groups in total. The first-order valence-corrected chi connectivity index (χ1v) is 8.40. The van der Waals surface area contributed by atoms with Crippen molar-refractivity contribution in [2.45, 2.75) is 6.18 Å². The van der Waals surface area contributed by atoms with Gasteiger partial charge in [-0.15, -0.1) is 0 Å². The normalized spacial score (nSPS) is 11.2. The molecule has 0 aliphatic carbocycles. The molecule has 154 valence electrons. The van der Waals surface area contributed by atoms with Crippen LogP contribution in [0.15, 0.2) is 42.5 Å². The standard InChI is InChI=1S/C19H16ClF3N2O4/c1-28-15-7-5-12(10-16(15)29-2)18(27)25-24-17(26)8-4-11-3-6-14(20)13(9-11)19(21,22)23/h3-10H,1-2H3,(H,24,26)(H,25,27)/b8-4+. The third kappa shape index (κ3) is 5.89. The van der Waals surface area contributed by atoms with Gasteiger partial charge in [-0.25, -0.2) is 0 Å². The van der Waals surface area contributed by atoms with Gasteiger partial charge in [0.15, 0.2) is 11.5 Å². The lowest BCUT2D eigenvalue weighted by Gasteiger charge is -2.10. The van der Waals surface area contributed by atoms with Gasteiger partial charge in [0.25, 0.3) is 11.8 Å². The number of hydrazine groups is 1. The number of carbonyl (C=O) groups is 2. The van der Waals surface area contributed by atoms with E-state index in [1.54, 1.807) is 0 Å². The number of methoxy groups -OCH3 is 2. The van der Waals surface area contributed by atoms with Crippen LogP contribution in [0, 0.1) is 0 Å². The molecule has 0 aliphatic rings. The second-order valence-corrected chi connectivity index (χ2v) is 5.99. The summed E-state index contributed by atoms with van der Waals surface area (Å²) in [7, 11) is 2.86. The van der Waals surface area contributed by atoms with Crippen LogP contribution in [0.4, 0.5) is 13.2 Å². The molecule has 2 aromatic rings. The fourth-order valence-electron chi connectivity index (χ4n) is 2.25. The van der Waals surface area contributed by atoms with Gasteiger partial charge < -0.3 is 9.47 Å². The molecule has 0 bridgehead atoms. The smallest absolute Gasteiger partial charge is 0.417 e. The summed E-state index contributed by atoms with van der Waals surface area (Å²) in [5.74, 6) is -0.618. The highest BCUT2D eigenvalue weighted by atomic mass is 35.5. The zero-order valence-electron chi connectivity index (χ0n) is 15.3. The molecular weight excluding hydrogens is 413 g/mol. The first kappa shape index (κ1) is 22.1. The quantitative estimate of drug-likeness (QED) is 0.560. The summed E-state index contributed by atoms with van der Waals surface area (Å²) in [6, 6.07) is 7.63. The van der Waals surface area contributed by atoms with Crippen LogP contribution in [-0.2, 0) is 11.0 Å². The lowest BCUT2D eigenvalue weighted by Crippen LogP contribution is -2.40. The summed E-state index contributed by atoms with van der Waals surface area (Å²) in [6.07, 6.45) is -2.49. The third-order valence-electron chi connectivity index (χ3n) is 3.67. The Balaban J connectivity index is 2.00. The van der Waals surface area contributed by atoms with Crippen LogP contribution in [0.1, 0.15) is 21.5 Å². The Morgan fingerprint density at radius 3 is 2.31 bits per heavy atom. The van der Waals surface area contributed by atoms with Crippen LogP contribution in [0.3, 0.4) is 0 Å². The van der Waals surface area contributed by atoms with E-state index in [4.69, 9.17) is 21.1 Å². The Bertz CT molecular complexity index is 946. The van der Waals surface area contributed by atoms with Gasteiger partial charge in [0.1, 0.15) is 0 Å². The summed E-state index contributed by atoms with van der Waals surface area (Å²) >= 11 is 5.54. The molecule has 2 amide bonds. The van der Waals surface area contributed by atoms with E-state index in [1.807, 2.05) is 0 Å². The second-order valence-electron chi connectivity index (χ2n) is 5.58. The molecule has 0 unspecified atom stereocenters. The molecule has 10 heteroatoms. The average Bonchev–Trinajstić information content (AvgIpc) is 2.69. The van der Waals surface area contributed by atoms with Crippen LogP contribution < -0.4 is 20.3 Å². The molecule has 2 aromatic carbocycles. The zero-order valence-corrected chi connectivity index (χ0v) is 16.0. The Hall–Kier alpha value is -3.20. The molecular formula is C19H16ClF3N2O4. The predicted molar refractivity (Wildman–Crippen MR) is 101 cm³/mol. The van der Waals surface area contributed by atoms with Gasteiger partial charge in [-0.1, -0.05) is 17.7 Å². The fraction of sp³-hybridized carbons (Fsp3) is 0.158. The minimum atomic E-state index is -4.61. The number of alkyl halides is 3. The number of nitrogens with one attached hydrogen (secondary N) is 2. The van der Waals surface area contributed by atoms with E-state index in [2.05, 4.69) is 10.9 Å². The van der Waals surface area contributed by atoms with Crippen LogP contribution in [0.25, 0.3) is 6.08 Å². The van der Waals surface area contributed by atoms with Crippen molar-refractivity contribution in [1.82, 2.24) is 10.9 Å². The number of hydrogen-bond donors (Lipinski definition) is 2. The summed E-state index contributed by atoms with van der Waals surface area (Å²) in [6.45, 7) is 0. The Labute approximate surface area is 169 Å². The minimum Gasteiger partial charge on any atom is -0.493 e. The highest BCUT2D eigenvalue weighted by molar-refractivity contribution is 6.31. The summed E-state index contributed by atoms with van der Waals surface area (Å²) in [4.78, 5) is 23.9. The lowest BCUT2D eigenvalue weighted by molar-refractivity contribution is -0.137. The van der Waals surface area contributed by atoms with E-state index in [9.17, 15) is 22.8 Å². The van der Waals surface area contributed by atoms with Crippen molar-refractivity contribution in [1.29, 1.82) is 0 Å². The first-order valence-electron chi connectivity index (χ1n) is 8.03. The monoisotopic (exact) mass is 428 g/mol. The maximum atomic E-state index is 12.8. The average molecular weight is 429 g/mol. The highest BCUT2D eigenvalue weighted by Crippen LogP contribution is 2.35. The van der Waals surface area contributed by atoms with Gasteiger partial charge in [0, 0.05) is 11.6 Å². The van der Waals surface area contributed by atoms with Crippen molar-refractivity contribution in [3.8, 4) is 11.5 Å². The number of ether oxygens (including phenoxy) is 2. The molecule has 0 radical (unpaired) electrons. The molecule has 2 rings (SSSR count). The Kier molecular flexibility index (Phi) is 7.11. The van der Waals surface area contributed by atoms with Gasteiger partial charge in [-0.3, -0.25) is 20.4 Å². The Morgan fingerprint density at radius 1 is 1.00 bits per heavy atom. The van der Waals surface area contributed by atoms with Crippen molar-refractivity contribution in [2.75, 3.05) is 14.2 Å². The van der Waals surface area contributed by atoms with E-state index in [1.165, 1.54) is 38.5 Å². The first-order chi connectivity index (χ1) is 13.7. The summed E-state index contributed by atoms with van der Waals surface area (Å²) < 4.78 is 48.7. The molecule has 0 aliphatic heterocycles. The zero-order chi connectivity index (χ0) is 21.6. The number of hydrogen-bond acceptors (Lipinski definition) is 4. The lowest BCUT2D eigenvalue weighted by atomic mass is 10.1. The number of amides is 2. The number of carbonyl (C=O) groups excluding carboxylic acids is 2. The molecule has 0 saturated heterocycles. The predicted octanol–water partition coefficient (Wildman–Crippen LogP) is 3.85. The van der Waals surface area contributed by atoms with Gasteiger partial charge in [-0.2, -0.15) is 13.2 Å². The number of rotatable bonds is 5. The fourth-order valence-corrected chi connectivity index (χ4v) is 2.47. The van der Waals surface area contributed by atoms with Crippen LogP contribution in [0.2, 0.25) is 5.02 Å². The van der Waals surface area contributed by atoms with E-state index < -0.39 is 28.6 Å². The summed E-state index contributed by atoms with van der Waals surface area (Å²) in [5.41, 5.74) is 3.61. The second kappa shape index (κ2) is 9.33. The van der Waals surface area contributed by atoms with Gasteiger partial charge in [-0.05, 0) is 42.0 Å². The van der Waals surface area contributed by atoms with Crippen LogP contribution in [-0.4, -0.2) is 26.0 Å². The molecule has 0 saturated carbocycles. The number of benzene rings is 2. The van der Waals surface area contributed by atoms with Crippen molar-refractivity contribution in [3.63, 3.8) is 0 Å². The number of halogens is 4. The van der Waals surface area contributed by atoms with Crippen molar-refractivity contribution in [3.05, 3.63) is 64.2 Å². The third-order valence-corrected chi connectivity index (χ3v) is 4.00. The maximum Gasteiger partial charge on any atom is 0.417 e. The molecule has 0 aromatic heterocycles. The van der Waals surface area contributed by atoms with E-state index in [0.29, 0.717) is 11.5 Å². The van der Waals surface area contributed by atoms with Crippen molar-refractivity contribution >= 4 is 29.5 Å².